The van der Waals surface area contributed by atoms with E-state index < -0.39 is 5.97 Å². The normalized spacial score (nSPS) is 11.6. The van der Waals surface area contributed by atoms with Crippen molar-refractivity contribution in [2.24, 2.45) is 0 Å². The molecule has 0 radical (unpaired) electrons. The van der Waals surface area contributed by atoms with Crippen molar-refractivity contribution >= 4 is 33.9 Å². The number of hydrogen-bond donors (Lipinski definition) is 2. The van der Waals surface area contributed by atoms with Gasteiger partial charge in [0.05, 0.1) is 0 Å². The van der Waals surface area contributed by atoms with Crippen molar-refractivity contribution in [1.29, 1.82) is 0 Å². The molecule has 0 fully saturated rings. The maximum absolute atomic E-state index is 10.5. The molecule has 1 heterocycles. The van der Waals surface area contributed by atoms with Gasteiger partial charge in [0.2, 0.25) is 0 Å². The van der Waals surface area contributed by atoms with Gasteiger partial charge < -0.3 is 10.1 Å². The van der Waals surface area contributed by atoms with Crippen LogP contribution in [-0.4, -0.2) is 16.1 Å². The molecule has 0 saturated heterocycles. The van der Waals surface area contributed by atoms with Gasteiger partial charge in [-0.05, 0) is 29.8 Å². The Morgan fingerprint density at radius 3 is 2.67 bits per heavy atom. The zero-order chi connectivity index (χ0) is 12.5. The van der Waals surface area contributed by atoms with Crippen LogP contribution in [0.25, 0.3) is 27.9 Å². The number of rotatable bonds is 2. The Balaban J connectivity index is 2.21. The third-order valence-electron chi connectivity index (χ3n) is 2.95. The van der Waals surface area contributed by atoms with Crippen molar-refractivity contribution in [3.8, 4) is 0 Å². The van der Waals surface area contributed by atoms with Crippen LogP contribution in [-0.2, 0) is 4.79 Å². The number of nitrogens with one attached hydrogen (secondary N) is 1. The van der Waals surface area contributed by atoms with Crippen LogP contribution < -0.4 is 0 Å². The van der Waals surface area contributed by atoms with Crippen LogP contribution in [0.3, 0.4) is 0 Å². The molecule has 0 atom stereocenters. The van der Waals surface area contributed by atoms with Crippen molar-refractivity contribution < 1.29 is 9.90 Å². The predicted octanol–water partition coefficient (Wildman–Crippen LogP) is 3.42. The molecule has 2 aromatic carbocycles. The average molecular weight is 237 g/mol. The third-order valence-corrected chi connectivity index (χ3v) is 2.95. The van der Waals surface area contributed by atoms with E-state index in [9.17, 15) is 4.79 Å². The molecule has 3 aromatic rings. The SMILES string of the molecule is O=C(O)C=Cc1ccc2[nH]c3ccccc3c2c1. The van der Waals surface area contributed by atoms with Gasteiger partial charge in [0, 0.05) is 27.9 Å². The number of carbonyl (C=O) groups is 1. The lowest BCUT2D eigenvalue weighted by Gasteiger charge is -1.94. The molecule has 3 heteroatoms. The summed E-state index contributed by atoms with van der Waals surface area (Å²) in [6.07, 6.45) is 2.75. The molecule has 0 aliphatic rings. The topological polar surface area (TPSA) is 53.1 Å². The van der Waals surface area contributed by atoms with Gasteiger partial charge in [0.25, 0.3) is 0 Å². The predicted molar refractivity (Wildman–Crippen MR) is 72.5 cm³/mol. The van der Waals surface area contributed by atoms with Crippen molar-refractivity contribution in [3.63, 3.8) is 0 Å². The van der Waals surface area contributed by atoms with Gasteiger partial charge in [-0.1, -0.05) is 24.3 Å². The molecule has 2 N–H and O–H groups in total. The smallest absolute Gasteiger partial charge is 0.328 e. The molecule has 3 rings (SSSR count). The van der Waals surface area contributed by atoms with Gasteiger partial charge >= 0.3 is 5.97 Å². The zero-order valence-corrected chi connectivity index (χ0v) is 9.55. The van der Waals surface area contributed by atoms with Gasteiger partial charge in [0.15, 0.2) is 0 Å². The molecule has 0 aliphatic carbocycles. The molecule has 0 saturated carbocycles. The van der Waals surface area contributed by atoms with Crippen LogP contribution in [0.1, 0.15) is 5.56 Å². The Kier molecular flexibility index (Phi) is 2.38. The van der Waals surface area contributed by atoms with Gasteiger partial charge in [-0.25, -0.2) is 4.79 Å². The van der Waals surface area contributed by atoms with Crippen molar-refractivity contribution in [1.82, 2.24) is 4.98 Å². The number of aromatic nitrogens is 1. The standard InChI is InChI=1S/C15H11NO2/c17-15(18)8-6-10-5-7-14-12(9-10)11-3-1-2-4-13(11)16-14/h1-9,16H,(H,17,18). The first-order chi connectivity index (χ1) is 8.74. The van der Waals surface area contributed by atoms with Crippen LogP contribution in [0.15, 0.2) is 48.5 Å². The van der Waals surface area contributed by atoms with Gasteiger partial charge in [0.1, 0.15) is 0 Å². The fourth-order valence-electron chi connectivity index (χ4n) is 2.14. The van der Waals surface area contributed by atoms with E-state index in [0.717, 1.165) is 33.4 Å². The summed E-state index contributed by atoms with van der Waals surface area (Å²) in [5.41, 5.74) is 3.03. The van der Waals surface area contributed by atoms with Crippen LogP contribution in [0.2, 0.25) is 0 Å². The van der Waals surface area contributed by atoms with Crippen LogP contribution in [0.5, 0.6) is 0 Å². The summed E-state index contributed by atoms with van der Waals surface area (Å²) in [6, 6.07) is 13.9. The number of carboxylic acids is 1. The number of H-pyrrole nitrogens is 1. The number of fused-ring (bicyclic) bond motifs is 3. The minimum absolute atomic E-state index is 0.884. The monoisotopic (exact) mass is 237 g/mol. The highest BCUT2D eigenvalue weighted by atomic mass is 16.4. The second kappa shape index (κ2) is 4.04. The van der Waals surface area contributed by atoms with E-state index in [2.05, 4.69) is 11.1 Å². The third kappa shape index (κ3) is 1.76. The minimum Gasteiger partial charge on any atom is -0.478 e. The minimum atomic E-state index is -0.936. The highest BCUT2D eigenvalue weighted by Gasteiger charge is 2.03. The number of benzene rings is 2. The van der Waals surface area contributed by atoms with E-state index in [4.69, 9.17) is 5.11 Å². The summed E-state index contributed by atoms with van der Waals surface area (Å²) >= 11 is 0. The Hall–Kier alpha value is -2.55. The lowest BCUT2D eigenvalue weighted by molar-refractivity contribution is -0.131. The second-order valence-electron chi connectivity index (χ2n) is 4.15. The van der Waals surface area contributed by atoms with E-state index >= 15 is 0 Å². The maximum atomic E-state index is 10.5. The lowest BCUT2D eigenvalue weighted by Crippen LogP contribution is -1.85. The van der Waals surface area contributed by atoms with Gasteiger partial charge in [-0.15, -0.1) is 0 Å². The average Bonchev–Trinajstić information content (AvgIpc) is 2.74. The first kappa shape index (κ1) is 10.6. The lowest BCUT2D eigenvalue weighted by atomic mass is 10.1. The number of hydrogen-bond acceptors (Lipinski definition) is 1. The molecule has 0 aliphatic heterocycles. The van der Waals surface area contributed by atoms with Gasteiger partial charge in [-0.2, -0.15) is 0 Å². The Morgan fingerprint density at radius 2 is 1.83 bits per heavy atom. The first-order valence-corrected chi connectivity index (χ1v) is 5.65. The summed E-state index contributed by atoms with van der Waals surface area (Å²) in [5, 5.41) is 10.9. The molecule has 0 bridgehead atoms. The number of carboxylic acid groups (broad SMARTS) is 1. The molecule has 0 spiro atoms. The molecular formula is C15H11NO2. The maximum Gasteiger partial charge on any atom is 0.328 e. The Labute approximate surface area is 103 Å². The van der Waals surface area contributed by atoms with E-state index in [-0.39, 0.29) is 0 Å². The first-order valence-electron chi connectivity index (χ1n) is 5.65. The quantitative estimate of drug-likeness (QED) is 0.671. The molecular weight excluding hydrogens is 226 g/mol. The molecule has 0 unspecified atom stereocenters. The number of para-hydroxylation sites is 1. The molecule has 0 amide bonds. The van der Waals surface area contributed by atoms with Crippen LogP contribution in [0.4, 0.5) is 0 Å². The van der Waals surface area contributed by atoms with E-state index in [1.807, 2.05) is 36.4 Å². The number of aliphatic carboxylic acids is 1. The van der Waals surface area contributed by atoms with Crippen molar-refractivity contribution in [3.05, 3.63) is 54.1 Å². The molecule has 88 valence electrons. The van der Waals surface area contributed by atoms with Crippen molar-refractivity contribution in [2.45, 2.75) is 0 Å². The molecule has 1 aromatic heterocycles. The zero-order valence-electron chi connectivity index (χ0n) is 9.55. The highest BCUT2D eigenvalue weighted by molar-refractivity contribution is 6.07. The van der Waals surface area contributed by atoms with E-state index in [0.29, 0.717) is 0 Å². The summed E-state index contributed by atoms with van der Waals surface area (Å²) in [6.45, 7) is 0. The van der Waals surface area contributed by atoms with Crippen LogP contribution >= 0.6 is 0 Å². The van der Waals surface area contributed by atoms with Crippen molar-refractivity contribution in [2.75, 3.05) is 0 Å². The Bertz CT molecular complexity index is 768. The summed E-state index contributed by atoms with van der Waals surface area (Å²) in [5.74, 6) is -0.936. The van der Waals surface area contributed by atoms with E-state index in [1.54, 1.807) is 6.08 Å². The fourth-order valence-corrected chi connectivity index (χ4v) is 2.14. The fraction of sp³-hybridized carbons (Fsp3) is 0. The number of aromatic amines is 1. The molecule has 3 nitrogen and oxygen atoms in total. The van der Waals surface area contributed by atoms with Crippen LogP contribution in [0, 0.1) is 0 Å². The molecule has 18 heavy (non-hydrogen) atoms. The Morgan fingerprint density at radius 1 is 1.06 bits per heavy atom. The summed E-state index contributed by atoms with van der Waals surface area (Å²) in [4.78, 5) is 13.8. The summed E-state index contributed by atoms with van der Waals surface area (Å²) in [7, 11) is 0. The van der Waals surface area contributed by atoms with Gasteiger partial charge in [-0.3, -0.25) is 0 Å². The second-order valence-corrected chi connectivity index (χ2v) is 4.15. The summed E-state index contributed by atoms with van der Waals surface area (Å²) < 4.78 is 0. The van der Waals surface area contributed by atoms with E-state index in [1.165, 1.54) is 0 Å². The largest absolute Gasteiger partial charge is 0.478 e. The highest BCUT2D eigenvalue weighted by Crippen LogP contribution is 2.26.